The number of benzene rings is 2. The zero-order chi connectivity index (χ0) is 20.5. The van der Waals surface area contributed by atoms with Gasteiger partial charge in [0.25, 0.3) is 5.91 Å². The molecule has 0 aromatic heterocycles. The minimum absolute atomic E-state index is 0.335. The Balaban J connectivity index is 1.74. The molecule has 1 aliphatic heterocycles. The molecule has 0 saturated carbocycles. The van der Waals surface area contributed by atoms with Gasteiger partial charge in [0, 0.05) is 5.69 Å². The number of carbonyl (C=O) groups is 3. The van der Waals surface area contributed by atoms with Crippen molar-refractivity contribution in [2.24, 2.45) is 0 Å². The molecule has 0 radical (unpaired) electrons. The van der Waals surface area contributed by atoms with Crippen LogP contribution in [0.25, 0.3) is 0 Å². The average molecular weight is 379 g/mol. The fraction of sp³-hybridized carbons (Fsp3) is 0.318. The minimum Gasteiger partial charge on any atom is -0.325 e. The van der Waals surface area contributed by atoms with Crippen molar-refractivity contribution in [3.63, 3.8) is 0 Å². The zero-order valence-electron chi connectivity index (χ0n) is 16.6. The number of urea groups is 1. The van der Waals surface area contributed by atoms with E-state index >= 15 is 0 Å². The van der Waals surface area contributed by atoms with Crippen molar-refractivity contribution in [2.75, 3.05) is 11.9 Å². The Labute approximate surface area is 164 Å². The van der Waals surface area contributed by atoms with Gasteiger partial charge < -0.3 is 10.6 Å². The maximum absolute atomic E-state index is 13.0. The van der Waals surface area contributed by atoms with Gasteiger partial charge in [0.1, 0.15) is 12.1 Å². The molecule has 1 unspecified atom stereocenters. The summed E-state index contributed by atoms with van der Waals surface area (Å²) in [7, 11) is 0. The lowest BCUT2D eigenvalue weighted by molar-refractivity contribution is -0.133. The maximum atomic E-state index is 13.0. The highest BCUT2D eigenvalue weighted by Crippen LogP contribution is 2.30. The van der Waals surface area contributed by atoms with Crippen molar-refractivity contribution in [3.05, 3.63) is 65.2 Å². The molecule has 146 valence electrons. The van der Waals surface area contributed by atoms with Gasteiger partial charge in [0.05, 0.1) is 0 Å². The van der Waals surface area contributed by atoms with E-state index in [0.717, 1.165) is 16.0 Å². The van der Waals surface area contributed by atoms with E-state index in [0.29, 0.717) is 17.2 Å². The molecule has 4 amide bonds. The smallest absolute Gasteiger partial charge is 0.325 e. The lowest BCUT2D eigenvalue weighted by Gasteiger charge is -2.22. The number of hydrogen-bond acceptors (Lipinski definition) is 3. The van der Waals surface area contributed by atoms with Gasteiger partial charge in [-0.1, -0.05) is 50.2 Å². The average Bonchev–Trinajstić information content (AvgIpc) is 2.86. The van der Waals surface area contributed by atoms with Gasteiger partial charge in [0.2, 0.25) is 5.91 Å². The van der Waals surface area contributed by atoms with E-state index in [4.69, 9.17) is 0 Å². The van der Waals surface area contributed by atoms with E-state index in [1.54, 1.807) is 13.0 Å². The van der Waals surface area contributed by atoms with E-state index in [9.17, 15) is 14.4 Å². The topological polar surface area (TPSA) is 78.5 Å². The predicted molar refractivity (Wildman–Crippen MR) is 108 cm³/mol. The molecule has 2 aromatic rings. The van der Waals surface area contributed by atoms with Crippen molar-refractivity contribution in [3.8, 4) is 0 Å². The van der Waals surface area contributed by atoms with Crippen molar-refractivity contribution >= 4 is 23.5 Å². The molecule has 0 spiro atoms. The summed E-state index contributed by atoms with van der Waals surface area (Å²) in [5.74, 6) is -0.486. The van der Waals surface area contributed by atoms with Crippen LogP contribution in [0.2, 0.25) is 0 Å². The molecule has 1 fully saturated rings. The minimum atomic E-state index is -1.18. The van der Waals surface area contributed by atoms with Gasteiger partial charge >= 0.3 is 6.03 Å². The Hall–Kier alpha value is -3.15. The van der Waals surface area contributed by atoms with E-state index in [1.165, 1.54) is 0 Å². The van der Waals surface area contributed by atoms with Gasteiger partial charge in [-0.05, 0) is 48.6 Å². The molecule has 1 atom stereocenters. The van der Waals surface area contributed by atoms with E-state index in [2.05, 4.69) is 24.5 Å². The molecule has 0 aliphatic carbocycles. The normalized spacial score (nSPS) is 19.1. The Kier molecular flexibility index (Phi) is 5.23. The summed E-state index contributed by atoms with van der Waals surface area (Å²) in [6.07, 6.45) is 0. The molecular weight excluding hydrogens is 354 g/mol. The number of hydrogen-bond donors (Lipinski definition) is 2. The summed E-state index contributed by atoms with van der Waals surface area (Å²) in [4.78, 5) is 38.7. The number of imide groups is 1. The van der Waals surface area contributed by atoms with Crippen LogP contribution in [-0.4, -0.2) is 29.3 Å². The third kappa shape index (κ3) is 3.76. The Morgan fingerprint density at radius 3 is 2.43 bits per heavy atom. The van der Waals surface area contributed by atoms with Crippen molar-refractivity contribution < 1.29 is 14.4 Å². The third-order valence-electron chi connectivity index (χ3n) is 5.03. The number of nitrogens with one attached hydrogen (secondary N) is 2. The first kappa shape index (κ1) is 19.6. The second-order valence-electron chi connectivity index (χ2n) is 7.64. The Morgan fingerprint density at radius 1 is 1.14 bits per heavy atom. The number of anilines is 1. The van der Waals surface area contributed by atoms with Crippen molar-refractivity contribution in [1.82, 2.24) is 10.2 Å². The quantitative estimate of drug-likeness (QED) is 0.780. The van der Waals surface area contributed by atoms with Crippen LogP contribution in [0.1, 0.15) is 43.4 Å². The first-order valence-electron chi connectivity index (χ1n) is 9.32. The van der Waals surface area contributed by atoms with Gasteiger partial charge in [0.15, 0.2) is 0 Å². The van der Waals surface area contributed by atoms with Crippen LogP contribution in [0, 0.1) is 6.92 Å². The molecule has 0 bridgehead atoms. The second-order valence-corrected chi connectivity index (χ2v) is 7.64. The van der Waals surface area contributed by atoms with Crippen LogP contribution in [0.5, 0.6) is 0 Å². The first-order chi connectivity index (χ1) is 13.2. The summed E-state index contributed by atoms with van der Waals surface area (Å²) >= 11 is 0. The number of carbonyl (C=O) groups excluding carboxylic acids is 3. The molecule has 1 heterocycles. The molecular formula is C22H25N3O3. The lowest BCUT2D eigenvalue weighted by Crippen LogP contribution is -2.42. The van der Waals surface area contributed by atoms with Crippen LogP contribution < -0.4 is 10.6 Å². The molecule has 1 aliphatic rings. The molecule has 6 heteroatoms. The van der Waals surface area contributed by atoms with Crippen LogP contribution >= 0.6 is 0 Å². The molecule has 2 N–H and O–H groups in total. The van der Waals surface area contributed by atoms with Crippen molar-refractivity contribution in [2.45, 2.75) is 39.2 Å². The first-order valence-corrected chi connectivity index (χ1v) is 9.32. The number of aryl methyl sites for hydroxylation is 1. The summed E-state index contributed by atoms with van der Waals surface area (Å²) in [6, 6.07) is 14.4. The largest absolute Gasteiger partial charge is 0.325 e. The van der Waals surface area contributed by atoms with Crippen LogP contribution in [-0.2, 0) is 15.1 Å². The number of amides is 4. The third-order valence-corrected chi connectivity index (χ3v) is 5.03. The van der Waals surface area contributed by atoms with Gasteiger partial charge in [-0.3, -0.25) is 14.5 Å². The fourth-order valence-corrected chi connectivity index (χ4v) is 3.30. The van der Waals surface area contributed by atoms with Crippen LogP contribution in [0.3, 0.4) is 0 Å². The molecule has 3 rings (SSSR count). The van der Waals surface area contributed by atoms with Crippen LogP contribution in [0.15, 0.2) is 48.5 Å². The lowest BCUT2D eigenvalue weighted by atomic mass is 9.90. The summed E-state index contributed by atoms with van der Waals surface area (Å²) in [6.45, 7) is 7.43. The number of rotatable bonds is 5. The monoisotopic (exact) mass is 379 g/mol. The second kappa shape index (κ2) is 7.46. The fourth-order valence-electron chi connectivity index (χ4n) is 3.30. The van der Waals surface area contributed by atoms with Crippen molar-refractivity contribution in [1.29, 1.82) is 0 Å². The maximum Gasteiger partial charge on any atom is 0.325 e. The van der Waals surface area contributed by atoms with E-state index in [1.807, 2.05) is 49.4 Å². The highest BCUT2D eigenvalue weighted by atomic mass is 16.2. The standard InChI is InChI=1S/C22H25N3O3/c1-14(2)16-8-10-17(11-9-16)22(4)20(27)25(21(28)24-22)13-19(26)23-18-7-5-6-15(3)12-18/h5-12,14H,13H2,1-4H3,(H,23,26)(H,24,28). The molecule has 6 nitrogen and oxygen atoms in total. The van der Waals surface area contributed by atoms with E-state index in [-0.39, 0.29) is 6.54 Å². The SMILES string of the molecule is Cc1cccc(NC(=O)CN2C(=O)NC(C)(c3ccc(C(C)C)cc3)C2=O)c1. The summed E-state index contributed by atoms with van der Waals surface area (Å²) in [5, 5.41) is 5.46. The Bertz CT molecular complexity index is 921. The van der Waals surface area contributed by atoms with Crippen LogP contribution in [0.4, 0.5) is 10.5 Å². The van der Waals surface area contributed by atoms with E-state index < -0.39 is 23.4 Å². The van der Waals surface area contributed by atoms with Gasteiger partial charge in [-0.25, -0.2) is 4.79 Å². The summed E-state index contributed by atoms with van der Waals surface area (Å²) in [5.41, 5.74) is 2.29. The molecule has 1 saturated heterocycles. The highest BCUT2D eigenvalue weighted by Gasteiger charge is 2.49. The zero-order valence-corrected chi connectivity index (χ0v) is 16.6. The predicted octanol–water partition coefficient (Wildman–Crippen LogP) is 3.52. The Morgan fingerprint density at radius 2 is 1.82 bits per heavy atom. The molecule has 28 heavy (non-hydrogen) atoms. The number of nitrogens with zero attached hydrogens (tertiary/aromatic N) is 1. The molecule has 2 aromatic carbocycles. The highest BCUT2D eigenvalue weighted by molar-refractivity contribution is 6.10. The summed E-state index contributed by atoms with van der Waals surface area (Å²) < 4.78 is 0. The van der Waals surface area contributed by atoms with Gasteiger partial charge in [-0.15, -0.1) is 0 Å². The van der Waals surface area contributed by atoms with Gasteiger partial charge in [-0.2, -0.15) is 0 Å².